The van der Waals surface area contributed by atoms with E-state index in [0.29, 0.717) is 16.7 Å². The highest BCUT2D eigenvalue weighted by Gasteiger charge is 2.10. The number of aryl methyl sites for hydroxylation is 1. The Morgan fingerprint density at radius 2 is 2.22 bits per heavy atom. The van der Waals surface area contributed by atoms with Crippen molar-refractivity contribution in [3.8, 4) is 0 Å². The second kappa shape index (κ2) is 5.18. The molecule has 0 atom stereocenters. The number of hydrogen-bond acceptors (Lipinski definition) is 6. The predicted molar refractivity (Wildman–Crippen MR) is 69.5 cm³/mol. The maximum Gasteiger partial charge on any atom is 0.251 e. The molecule has 0 aliphatic rings. The van der Waals surface area contributed by atoms with Crippen molar-refractivity contribution >= 4 is 17.6 Å². The van der Waals surface area contributed by atoms with E-state index in [4.69, 9.17) is 5.73 Å². The van der Waals surface area contributed by atoms with Gasteiger partial charge in [-0.2, -0.15) is 0 Å². The second-order valence-corrected chi connectivity index (χ2v) is 4.67. The zero-order chi connectivity index (χ0) is 13.1. The minimum atomic E-state index is -0.176. The Bertz CT molecular complexity index is 625. The van der Waals surface area contributed by atoms with Crippen molar-refractivity contribution in [3.05, 3.63) is 34.0 Å². The minimum Gasteiger partial charge on any atom is -0.383 e. The van der Waals surface area contributed by atoms with Crippen LogP contribution in [0.25, 0.3) is 0 Å². The van der Waals surface area contributed by atoms with Crippen LogP contribution in [0.5, 0.6) is 0 Å². The van der Waals surface area contributed by atoms with Crippen LogP contribution in [0, 0.1) is 6.92 Å². The van der Waals surface area contributed by atoms with E-state index in [1.807, 2.05) is 6.92 Å². The van der Waals surface area contributed by atoms with Crippen LogP contribution in [0.4, 0.5) is 5.82 Å². The molecule has 2 aromatic rings. The van der Waals surface area contributed by atoms with E-state index in [2.05, 4.69) is 19.9 Å². The summed E-state index contributed by atoms with van der Waals surface area (Å²) < 4.78 is 0. The van der Waals surface area contributed by atoms with E-state index in [1.54, 1.807) is 6.92 Å². The van der Waals surface area contributed by atoms with Gasteiger partial charge in [0, 0.05) is 17.3 Å². The smallest absolute Gasteiger partial charge is 0.251 e. The Kier molecular flexibility index (Phi) is 3.61. The fourth-order valence-electron chi connectivity index (χ4n) is 1.52. The number of aromatic amines is 1. The molecule has 0 aliphatic carbocycles. The lowest BCUT2D eigenvalue weighted by atomic mass is 10.2. The van der Waals surface area contributed by atoms with Crippen molar-refractivity contribution in [2.75, 3.05) is 5.73 Å². The third kappa shape index (κ3) is 2.67. The van der Waals surface area contributed by atoms with Gasteiger partial charge >= 0.3 is 0 Å². The first-order chi connectivity index (χ1) is 8.60. The summed E-state index contributed by atoms with van der Waals surface area (Å²) in [7, 11) is 0. The van der Waals surface area contributed by atoms with E-state index in [9.17, 15) is 4.79 Å². The molecule has 0 spiro atoms. The number of rotatable bonds is 3. The first-order valence-electron chi connectivity index (χ1n) is 5.45. The molecule has 0 amide bonds. The molecule has 6 nitrogen and oxygen atoms in total. The molecule has 0 aromatic carbocycles. The van der Waals surface area contributed by atoms with E-state index >= 15 is 0 Å². The SMILES string of the molecule is CCc1c(N)ncnc1Sc1nc(C)cc(=O)[nH]1. The number of anilines is 1. The molecular weight excluding hydrogens is 250 g/mol. The monoisotopic (exact) mass is 263 g/mol. The van der Waals surface area contributed by atoms with Crippen LogP contribution in [-0.4, -0.2) is 19.9 Å². The highest BCUT2D eigenvalue weighted by molar-refractivity contribution is 7.99. The van der Waals surface area contributed by atoms with Crippen molar-refractivity contribution in [3.63, 3.8) is 0 Å². The third-order valence-corrected chi connectivity index (χ3v) is 3.27. The van der Waals surface area contributed by atoms with Crippen molar-refractivity contribution < 1.29 is 0 Å². The Morgan fingerprint density at radius 3 is 2.89 bits per heavy atom. The van der Waals surface area contributed by atoms with Crippen molar-refractivity contribution in [2.24, 2.45) is 0 Å². The van der Waals surface area contributed by atoms with E-state index in [0.717, 1.165) is 17.0 Å². The number of nitrogens with zero attached hydrogens (tertiary/aromatic N) is 3. The number of aromatic nitrogens is 4. The topological polar surface area (TPSA) is 97.5 Å². The van der Waals surface area contributed by atoms with Crippen molar-refractivity contribution in [1.29, 1.82) is 0 Å². The van der Waals surface area contributed by atoms with Crippen LogP contribution in [-0.2, 0) is 6.42 Å². The lowest BCUT2D eigenvalue weighted by Gasteiger charge is -2.07. The molecule has 0 saturated heterocycles. The summed E-state index contributed by atoms with van der Waals surface area (Å²) in [4.78, 5) is 26.4. The summed E-state index contributed by atoms with van der Waals surface area (Å²) in [6.07, 6.45) is 2.13. The fraction of sp³-hybridized carbons (Fsp3) is 0.273. The van der Waals surface area contributed by atoms with Gasteiger partial charge < -0.3 is 10.7 Å². The van der Waals surface area contributed by atoms with Crippen LogP contribution < -0.4 is 11.3 Å². The van der Waals surface area contributed by atoms with Crippen molar-refractivity contribution in [2.45, 2.75) is 30.5 Å². The fourth-order valence-corrected chi connectivity index (χ4v) is 2.52. The van der Waals surface area contributed by atoms with Crippen LogP contribution in [0.3, 0.4) is 0 Å². The quantitative estimate of drug-likeness (QED) is 0.637. The standard InChI is InChI=1S/C11H13N5OS/c1-3-7-9(12)13-5-14-10(7)18-11-15-6(2)4-8(17)16-11/h4-5H,3H2,1-2H3,(H2,12,13,14)(H,15,16,17). The van der Waals surface area contributed by atoms with Gasteiger partial charge in [-0.05, 0) is 25.1 Å². The molecule has 2 aromatic heterocycles. The summed E-state index contributed by atoms with van der Waals surface area (Å²) in [6, 6.07) is 1.44. The van der Waals surface area contributed by atoms with Gasteiger partial charge in [0.05, 0.1) is 0 Å². The molecule has 3 N–H and O–H groups in total. The van der Waals surface area contributed by atoms with Gasteiger partial charge in [-0.25, -0.2) is 15.0 Å². The van der Waals surface area contributed by atoms with E-state index < -0.39 is 0 Å². The number of nitrogens with one attached hydrogen (secondary N) is 1. The van der Waals surface area contributed by atoms with Gasteiger partial charge in [-0.15, -0.1) is 0 Å². The normalized spacial score (nSPS) is 10.6. The van der Waals surface area contributed by atoms with Crippen LogP contribution in [0.1, 0.15) is 18.2 Å². The molecule has 0 saturated carbocycles. The molecule has 2 heterocycles. The van der Waals surface area contributed by atoms with E-state index in [-0.39, 0.29) is 5.56 Å². The maximum atomic E-state index is 11.4. The molecule has 7 heteroatoms. The van der Waals surface area contributed by atoms with Gasteiger partial charge in [0.2, 0.25) is 0 Å². The van der Waals surface area contributed by atoms with Crippen LogP contribution in [0.2, 0.25) is 0 Å². The summed E-state index contributed by atoms with van der Waals surface area (Å²) in [6.45, 7) is 3.75. The summed E-state index contributed by atoms with van der Waals surface area (Å²) >= 11 is 1.28. The molecule has 94 valence electrons. The number of nitrogens with two attached hydrogens (primary N) is 1. The van der Waals surface area contributed by atoms with E-state index in [1.165, 1.54) is 24.2 Å². The van der Waals surface area contributed by atoms with Crippen molar-refractivity contribution in [1.82, 2.24) is 19.9 Å². The Morgan fingerprint density at radius 1 is 1.44 bits per heavy atom. The summed E-state index contributed by atoms with van der Waals surface area (Å²) in [5.74, 6) is 0.463. The molecule has 18 heavy (non-hydrogen) atoms. The number of hydrogen-bond donors (Lipinski definition) is 2. The van der Waals surface area contributed by atoms with Gasteiger partial charge in [-0.1, -0.05) is 6.92 Å². The number of nitrogen functional groups attached to an aromatic ring is 1. The molecule has 0 radical (unpaired) electrons. The first-order valence-corrected chi connectivity index (χ1v) is 6.27. The summed E-state index contributed by atoms with van der Waals surface area (Å²) in [5.41, 5.74) is 7.15. The number of H-pyrrole nitrogens is 1. The average molecular weight is 263 g/mol. The van der Waals surface area contributed by atoms with Gasteiger partial charge in [0.25, 0.3) is 5.56 Å². The minimum absolute atomic E-state index is 0.176. The largest absolute Gasteiger partial charge is 0.383 e. The maximum absolute atomic E-state index is 11.4. The molecular formula is C11H13N5OS. The Hall–Kier alpha value is -1.89. The zero-order valence-corrected chi connectivity index (χ0v) is 10.9. The highest BCUT2D eigenvalue weighted by Crippen LogP contribution is 2.27. The lowest BCUT2D eigenvalue weighted by Crippen LogP contribution is -2.08. The Balaban J connectivity index is 2.39. The molecule has 0 aliphatic heterocycles. The first kappa shape index (κ1) is 12.6. The van der Waals surface area contributed by atoms with Crippen LogP contribution >= 0.6 is 11.8 Å². The van der Waals surface area contributed by atoms with Crippen LogP contribution in [0.15, 0.2) is 27.4 Å². The zero-order valence-electron chi connectivity index (χ0n) is 10.1. The van der Waals surface area contributed by atoms with Gasteiger partial charge in [0.15, 0.2) is 5.16 Å². The van der Waals surface area contributed by atoms with Gasteiger partial charge in [0.1, 0.15) is 17.2 Å². The second-order valence-electron chi connectivity index (χ2n) is 3.69. The summed E-state index contributed by atoms with van der Waals surface area (Å²) in [5, 5.41) is 1.23. The molecule has 0 unspecified atom stereocenters. The Labute approximate surface area is 108 Å². The molecule has 2 rings (SSSR count). The molecule has 0 fully saturated rings. The average Bonchev–Trinajstić information content (AvgIpc) is 2.27. The van der Waals surface area contributed by atoms with Gasteiger partial charge in [-0.3, -0.25) is 4.79 Å². The molecule has 0 bridgehead atoms. The lowest BCUT2D eigenvalue weighted by molar-refractivity contribution is 0.892. The highest BCUT2D eigenvalue weighted by atomic mass is 32.2. The third-order valence-electron chi connectivity index (χ3n) is 2.33. The predicted octanol–water partition coefficient (Wildman–Crippen LogP) is 1.16.